The normalized spacial score (nSPS) is 12.9. The van der Waals surface area contributed by atoms with Gasteiger partial charge in [-0.15, -0.1) is 11.3 Å². The van der Waals surface area contributed by atoms with Crippen LogP contribution in [0.2, 0.25) is 0 Å². The summed E-state index contributed by atoms with van der Waals surface area (Å²) in [4.78, 5) is 0.881. The molecule has 0 aliphatic carbocycles. The van der Waals surface area contributed by atoms with Crippen molar-refractivity contribution in [2.24, 2.45) is 0 Å². The van der Waals surface area contributed by atoms with Gasteiger partial charge in [0.15, 0.2) is 0 Å². The topological polar surface area (TPSA) is 66.4 Å². The molecule has 0 spiro atoms. The van der Waals surface area contributed by atoms with Gasteiger partial charge in [0.2, 0.25) is 0 Å². The molecule has 6 heteroatoms. The highest BCUT2D eigenvalue weighted by Crippen LogP contribution is 2.24. The SMILES string of the molecule is CCCC(C)(C)NS(=O)(=O)c1ccc(CCO)s1. The van der Waals surface area contributed by atoms with E-state index in [0.29, 0.717) is 10.6 Å². The highest BCUT2D eigenvalue weighted by atomic mass is 32.2. The lowest BCUT2D eigenvalue weighted by atomic mass is 10.0. The van der Waals surface area contributed by atoms with E-state index in [1.54, 1.807) is 12.1 Å². The third-order valence-corrected chi connectivity index (χ3v) is 5.88. The van der Waals surface area contributed by atoms with Gasteiger partial charge in [-0.3, -0.25) is 0 Å². The average Bonchev–Trinajstić information content (AvgIpc) is 2.65. The van der Waals surface area contributed by atoms with Gasteiger partial charge in [0.05, 0.1) is 0 Å². The fraction of sp³-hybridized carbons (Fsp3) is 0.667. The Hall–Kier alpha value is -0.430. The van der Waals surface area contributed by atoms with Crippen LogP contribution >= 0.6 is 11.3 Å². The summed E-state index contributed by atoms with van der Waals surface area (Å²) in [7, 11) is -3.45. The van der Waals surface area contributed by atoms with Crippen LogP contribution in [0.5, 0.6) is 0 Å². The summed E-state index contributed by atoms with van der Waals surface area (Å²) < 4.78 is 27.4. The van der Waals surface area contributed by atoms with Crippen molar-refractivity contribution in [3.63, 3.8) is 0 Å². The van der Waals surface area contributed by atoms with Crippen LogP contribution in [-0.2, 0) is 16.4 Å². The molecule has 0 amide bonds. The molecule has 0 aliphatic rings. The number of thiophene rings is 1. The molecule has 0 radical (unpaired) electrons. The van der Waals surface area contributed by atoms with Crippen molar-refractivity contribution in [1.82, 2.24) is 4.72 Å². The minimum atomic E-state index is -3.45. The third kappa shape index (κ3) is 4.35. The number of hydrogen-bond acceptors (Lipinski definition) is 4. The van der Waals surface area contributed by atoms with Crippen molar-refractivity contribution in [3.8, 4) is 0 Å². The first-order valence-electron chi connectivity index (χ1n) is 6.04. The minimum absolute atomic E-state index is 0.0365. The molecule has 0 atom stereocenters. The second-order valence-corrected chi connectivity index (χ2v) is 8.01. The molecule has 2 N–H and O–H groups in total. The van der Waals surface area contributed by atoms with Crippen LogP contribution in [0, 0.1) is 0 Å². The van der Waals surface area contributed by atoms with Gasteiger partial charge in [-0.25, -0.2) is 13.1 Å². The second-order valence-electron chi connectivity index (χ2n) is 4.93. The molecule has 0 unspecified atom stereocenters. The zero-order valence-electron chi connectivity index (χ0n) is 11.1. The molecule has 0 saturated heterocycles. The van der Waals surface area contributed by atoms with Gasteiger partial charge in [-0.1, -0.05) is 13.3 Å². The molecule has 0 aliphatic heterocycles. The lowest BCUT2D eigenvalue weighted by Gasteiger charge is -2.24. The maximum absolute atomic E-state index is 12.2. The number of nitrogens with one attached hydrogen (secondary N) is 1. The molecule has 0 bridgehead atoms. The Morgan fingerprint density at radius 1 is 1.39 bits per heavy atom. The number of sulfonamides is 1. The number of hydrogen-bond donors (Lipinski definition) is 2. The predicted molar refractivity (Wildman–Crippen MR) is 74.4 cm³/mol. The van der Waals surface area contributed by atoms with Gasteiger partial charge in [0.1, 0.15) is 4.21 Å². The van der Waals surface area contributed by atoms with Crippen LogP contribution in [0.25, 0.3) is 0 Å². The highest BCUT2D eigenvalue weighted by molar-refractivity contribution is 7.91. The monoisotopic (exact) mass is 291 g/mol. The molecule has 1 aromatic rings. The Morgan fingerprint density at radius 2 is 2.06 bits per heavy atom. The fourth-order valence-corrected chi connectivity index (χ4v) is 4.62. The minimum Gasteiger partial charge on any atom is -0.396 e. The van der Waals surface area contributed by atoms with Gasteiger partial charge >= 0.3 is 0 Å². The molecule has 1 heterocycles. The Bertz CT molecular complexity index is 477. The van der Waals surface area contributed by atoms with Crippen molar-refractivity contribution in [2.45, 2.75) is 49.8 Å². The number of aliphatic hydroxyl groups excluding tert-OH is 1. The Balaban J connectivity index is 2.85. The van der Waals surface area contributed by atoms with Crippen LogP contribution < -0.4 is 4.72 Å². The molecular weight excluding hydrogens is 270 g/mol. The lowest BCUT2D eigenvalue weighted by Crippen LogP contribution is -2.42. The molecule has 0 aromatic carbocycles. The van der Waals surface area contributed by atoms with Crippen LogP contribution in [0.3, 0.4) is 0 Å². The number of aliphatic hydroxyl groups is 1. The molecule has 0 saturated carbocycles. The largest absolute Gasteiger partial charge is 0.396 e. The molecule has 1 aromatic heterocycles. The van der Waals surface area contributed by atoms with E-state index in [-0.39, 0.29) is 6.61 Å². The standard InChI is InChI=1S/C12H21NO3S2/c1-4-8-12(2,3)13-18(15,16)11-6-5-10(17-11)7-9-14/h5-6,13-14H,4,7-9H2,1-3H3. The highest BCUT2D eigenvalue weighted by Gasteiger charge is 2.26. The third-order valence-electron chi connectivity index (χ3n) is 2.55. The average molecular weight is 291 g/mol. The Labute approximate surface area is 113 Å². The molecule has 4 nitrogen and oxygen atoms in total. The first-order valence-corrected chi connectivity index (χ1v) is 8.34. The van der Waals surface area contributed by atoms with Crippen LogP contribution in [0.4, 0.5) is 0 Å². The Morgan fingerprint density at radius 3 is 2.61 bits per heavy atom. The smallest absolute Gasteiger partial charge is 0.250 e. The summed E-state index contributed by atoms with van der Waals surface area (Å²) in [5, 5.41) is 8.83. The zero-order valence-corrected chi connectivity index (χ0v) is 12.7. The van der Waals surface area contributed by atoms with E-state index < -0.39 is 15.6 Å². The predicted octanol–water partition coefficient (Wildman–Crippen LogP) is 2.14. The fourth-order valence-electron chi connectivity index (χ4n) is 1.84. The van der Waals surface area contributed by atoms with Gasteiger partial charge < -0.3 is 5.11 Å². The van der Waals surface area contributed by atoms with Crippen molar-refractivity contribution in [1.29, 1.82) is 0 Å². The quantitative estimate of drug-likeness (QED) is 0.809. The van der Waals surface area contributed by atoms with E-state index in [4.69, 9.17) is 5.11 Å². The van der Waals surface area contributed by atoms with Crippen molar-refractivity contribution < 1.29 is 13.5 Å². The molecule has 104 valence electrons. The van der Waals surface area contributed by atoms with E-state index in [1.165, 1.54) is 11.3 Å². The van der Waals surface area contributed by atoms with Gasteiger partial charge in [-0.2, -0.15) is 0 Å². The number of rotatable bonds is 7. The van der Waals surface area contributed by atoms with Crippen LogP contribution in [-0.4, -0.2) is 25.7 Å². The Kier molecular flexibility index (Phi) is 5.33. The summed E-state index contributed by atoms with van der Waals surface area (Å²) in [6.45, 7) is 5.84. The first kappa shape index (κ1) is 15.6. The van der Waals surface area contributed by atoms with Crippen LogP contribution in [0.15, 0.2) is 16.3 Å². The summed E-state index contributed by atoms with van der Waals surface area (Å²) >= 11 is 1.21. The molecule has 0 fully saturated rings. The van der Waals surface area contributed by atoms with E-state index in [2.05, 4.69) is 4.72 Å². The molecule has 18 heavy (non-hydrogen) atoms. The van der Waals surface area contributed by atoms with Gasteiger partial charge in [0, 0.05) is 23.4 Å². The maximum Gasteiger partial charge on any atom is 0.250 e. The second kappa shape index (κ2) is 6.14. The van der Waals surface area contributed by atoms with Gasteiger partial charge in [0.25, 0.3) is 10.0 Å². The maximum atomic E-state index is 12.2. The summed E-state index contributed by atoms with van der Waals surface area (Å²) in [5.74, 6) is 0. The molecular formula is C12H21NO3S2. The van der Waals surface area contributed by atoms with E-state index >= 15 is 0 Å². The molecule has 1 rings (SSSR count). The summed E-state index contributed by atoms with van der Waals surface area (Å²) in [5.41, 5.74) is -0.436. The van der Waals surface area contributed by atoms with Crippen molar-refractivity contribution >= 4 is 21.4 Å². The van der Waals surface area contributed by atoms with E-state index in [9.17, 15) is 8.42 Å². The summed E-state index contributed by atoms with van der Waals surface area (Å²) in [6.07, 6.45) is 2.22. The van der Waals surface area contributed by atoms with E-state index in [0.717, 1.165) is 17.7 Å². The lowest BCUT2D eigenvalue weighted by molar-refractivity contribution is 0.300. The zero-order chi connectivity index (χ0) is 13.8. The van der Waals surface area contributed by atoms with Crippen molar-refractivity contribution in [2.75, 3.05) is 6.61 Å². The van der Waals surface area contributed by atoms with Crippen molar-refractivity contribution in [3.05, 3.63) is 17.0 Å². The van der Waals surface area contributed by atoms with Gasteiger partial charge in [-0.05, 0) is 32.4 Å². The van der Waals surface area contributed by atoms with Crippen LogP contribution in [0.1, 0.15) is 38.5 Å². The summed E-state index contributed by atoms with van der Waals surface area (Å²) in [6, 6.07) is 3.35. The van der Waals surface area contributed by atoms with E-state index in [1.807, 2.05) is 20.8 Å². The first-order chi connectivity index (χ1) is 8.30.